The summed E-state index contributed by atoms with van der Waals surface area (Å²) in [7, 11) is 0. The van der Waals surface area contributed by atoms with E-state index in [1.807, 2.05) is 6.07 Å². The first-order chi connectivity index (χ1) is 8.20. The fraction of sp³-hybridized carbons (Fsp3) is 0.462. The van der Waals surface area contributed by atoms with E-state index in [1.54, 1.807) is 39.8 Å². The van der Waals surface area contributed by atoms with Crippen molar-refractivity contribution < 1.29 is 9.90 Å². The van der Waals surface area contributed by atoms with Crippen LogP contribution in [0.5, 0.6) is 0 Å². The molecule has 18 heavy (non-hydrogen) atoms. The molecule has 0 spiro atoms. The quantitative estimate of drug-likeness (QED) is 0.852. The minimum Gasteiger partial charge on any atom is -0.481 e. The molecule has 0 fully saturated rings. The molecule has 5 nitrogen and oxygen atoms in total. The van der Waals surface area contributed by atoms with Crippen LogP contribution in [0.4, 0.5) is 5.82 Å². The molecule has 1 rings (SSSR count). The molecule has 0 atom stereocenters. The topological polar surface area (TPSA) is 86.0 Å². The van der Waals surface area contributed by atoms with E-state index in [4.69, 9.17) is 5.26 Å². The lowest BCUT2D eigenvalue weighted by Gasteiger charge is -2.39. The second-order valence-corrected chi connectivity index (χ2v) is 5.22. The van der Waals surface area contributed by atoms with E-state index in [-0.39, 0.29) is 0 Å². The number of anilines is 1. The van der Waals surface area contributed by atoms with Crippen LogP contribution in [-0.4, -0.2) is 21.6 Å². The number of nitriles is 1. The Morgan fingerprint density at radius 2 is 2.06 bits per heavy atom. The molecule has 2 N–H and O–H groups in total. The average Bonchev–Trinajstić information content (AvgIpc) is 2.28. The smallest absolute Gasteiger partial charge is 0.311 e. The molecule has 0 aliphatic rings. The second-order valence-electron chi connectivity index (χ2n) is 5.22. The molecule has 0 aliphatic heterocycles. The zero-order valence-electron chi connectivity index (χ0n) is 11.0. The van der Waals surface area contributed by atoms with Crippen LogP contribution in [0.3, 0.4) is 0 Å². The first-order valence-electron chi connectivity index (χ1n) is 5.58. The summed E-state index contributed by atoms with van der Waals surface area (Å²) in [6.07, 6.45) is 1.52. The monoisotopic (exact) mass is 247 g/mol. The highest BCUT2D eigenvalue weighted by Crippen LogP contribution is 2.33. The Morgan fingerprint density at radius 3 is 2.56 bits per heavy atom. The summed E-state index contributed by atoms with van der Waals surface area (Å²) >= 11 is 0. The van der Waals surface area contributed by atoms with Crippen LogP contribution >= 0.6 is 0 Å². The Bertz CT molecular complexity index is 501. The van der Waals surface area contributed by atoms with Gasteiger partial charge in [0.25, 0.3) is 0 Å². The van der Waals surface area contributed by atoms with Crippen LogP contribution in [0.2, 0.25) is 0 Å². The van der Waals surface area contributed by atoms with E-state index in [0.29, 0.717) is 11.4 Å². The zero-order valence-corrected chi connectivity index (χ0v) is 11.0. The highest BCUT2D eigenvalue weighted by atomic mass is 16.4. The van der Waals surface area contributed by atoms with E-state index >= 15 is 0 Å². The summed E-state index contributed by atoms with van der Waals surface area (Å²) in [5, 5.41) is 21.1. The van der Waals surface area contributed by atoms with Gasteiger partial charge in [0.15, 0.2) is 0 Å². The van der Waals surface area contributed by atoms with Gasteiger partial charge in [-0.25, -0.2) is 4.98 Å². The maximum atomic E-state index is 11.3. The van der Waals surface area contributed by atoms with Crippen LogP contribution < -0.4 is 5.32 Å². The molecule has 5 heteroatoms. The predicted octanol–water partition coefficient (Wildman–Crippen LogP) is 2.25. The van der Waals surface area contributed by atoms with Gasteiger partial charge in [0.05, 0.1) is 17.0 Å². The van der Waals surface area contributed by atoms with Gasteiger partial charge in [-0.3, -0.25) is 4.79 Å². The van der Waals surface area contributed by atoms with Crippen molar-refractivity contribution in [2.45, 2.75) is 33.2 Å². The molecule has 0 amide bonds. The van der Waals surface area contributed by atoms with Gasteiger partial charge < -0.3 is 10.4 Å². The number of hydrogen-bond donors (Lipinski definition) is 2. The van der Waals surface area contributed by atoms with Gasteiger partial charge in [-0.1, -0.05) is 0 Å². The maximum Gasteiger partial charge on any atom is 0.311 e. The molecule has 96 valence electrons. The lowest BCUT2D eigenvalue weighted by atomic mass is 9.74. The number of nitrogens with zero attached hydrogens (tertiary/aromatic N) is 2. The third kappa shape index (κ3) is 2.59. The molecule has 0 saturated heterocycles. The highest BCUT2D eigenvalue weighted by Gasteiger charge is 2.43. The van der Waals surface area contributed by atoms with Gasteiger partial charge in [0.1, 0.15) is 5.82 Å². The van der Waals surface area contributed by atoms with E-state index in [9.17, 15) is 9.90 Å². The van der Waals surface area contributed by atoms with Crippen LogP contribution in [-0.2, 0) is 4.79 Å². The van der Waals surface area contributed by atoms with Crippen LogP contribution in [0.25, 0.3) is 0 Å². The number of pyridine rings is 1. The first-order valence-corrected chi connectivity index (χ1v) is 5.58. The number of nitrogens with one attached hydrogen (secondary N) is 1. The normalized spacial score (nSPS) is 11.7. The number of aliphatic carboxylic acids is 1. The molecule has 0 bridgehead atoms. The van der Waals surface area contributed by atoms with E-state index in [0.717, 1.165) is 0 Å². The number of hydrogen-bond acceptors (Lipinski definition) is 4. The third-order valence-electron chi connectivity index (χ3n) is 3.43. The molecule has 1 aromatic heterocycles. The van der Waals surface area contributed by atoms with Gasteiger partial charge in [0, 0.05) is 11.7 Å². The van der Waals surface area contributed by atoms with E-state index in [2.05, 4.69) is 10.3 Å². The van der Waals surface area contributed by atoms with Gasteiger partial charge in [-0.2, -0.15) is 5.26 Å². The Kier molecular flexibility index (Phi) is 3.61. The van der Waals surface area contributed by atoms with Gasteiger partial charge >= 0.3 is 5.97 Å². The zero-order chi connectivity index (χ0) is 14.0. The minimum absolute atomic E-state index is 0.483. The Hall–Kier alpha value is -2.09. The van der Waals surface area contributed by atoms with Crippen molar-refractivity contribution in [3.63, 3.8) is 0 Å². The number of aromatic nitrogens is 1. The second kappa shape index (κ2) is 4.65. The summed E-state index contributed by atoms with van der Waals surface area (Å²) in [5.74, 6) is -0.398. The van der Waals surface area contributed by atoms with Crippen molar-refractivity contribution >= 4 is 11.8 Å². The summed E-state index contributed by atoms with van der Waals surface area (Å²) in [5.41, 5.74) is -1.20. The number of carboxylic acids is 1. The third-order valence-corrected chi connectivity index (χ3v) is 3.43. The number of carboxylic acid groups (broad SMARTS) is 1. The standard InChI is InChI=1S/C13H17N3O2/c1-12(2,11(17)18)13(3,4)16-10-7-9(8-14)5-6-15-10/h5-7H,1-4H3,(H,15,16)(H,17,18). The maximum absolute atomic E-state index is 11.3. The summed E-state index contributed by atoms with van der Waals surface area (Å²) in [6.45, 7) is 6.89. The first kappa shape index (κ1) is 14.0. The summed E-state index contributed by atoms with van der Waals surface area (Å²) in [6, 6.07) is 5.21. The molecular formula is C13H17N3O2. The lowest BCUT2D eigenvalue weighted by molar-refractivity contribution is -0.149. The Balaban J connectivity index is 3.02. The van der Waals surface area contributed by atoms with Crippen molar-refractivity contribution in [3.8, 4) is 6.07 Å². The number of carbonyl (C=O) groups is 1. The molecular weight excluding hydrogens is 230 g/mol. The van der Waals surface area contributed by atoms with Crippen molar-refractivity contribution in [2.75, 3.05) is 5.32 Å². The molecule has 1 aromatic rings. The van der Waals surface area contributed by atoms with E-state index in [1.165, 1.54) is 6.20 Å². The Morgan fingerprint density at radius 1 is 1.44 bits per heavy atom. The van der Waals surface area contributed by atoms with Crippen molar-refractivity contribution in [1.82, 2.24) is 4.98 Å². The van der Waals surface area contributed by atoms with Gasteiger partial charge in [-0.15, -0.1) is 0 Å². The molecule has 0 saturated carbocycles. The summed E-state index contributed by atoms with van der Waals surface area (Å²) in [4.78, 5) is 15.4. The largest absolute Gasteiger partial charge is 0.481 e. The lowest BCUT2D eigenvalue weighted by Crippen LogP contribution is -2.50. The molecule has 1 heterocycles. The van der Waals surface area contributed by atoms with Crippen LogP contribution in [0, 0.1) is 16.7 Å². The Labute approximate surface area is 106 Å². The number of rotatable bonds is 4. The SMILES string of the molecule is CC(C)(Nc1cc(C#N)ccn1)C(C)(C)C(=O)O. The fourth-order valence-electron chi connectivity index (χ4n) is 1.31. The van der Waals surface area contributed by atoms with Crippen molar-refractivity contribution in [1.29, 1.82) is 5.26 Å². The average molecular weight is 247 g/mol. The summed E-state index contributed by atoms with van der Waals surface area (Å²) < 4.78 is 0. The minimum atomic E-state index is -0.975. The van der Waals surface area contributed by atoms with Gasteiger partial charge in [0.2, 0.25) is 0 Å². The molecule has 0 aliphatic carbocycles. The predicted molar refractivity (Wildman–Crippen MR) is 68.1 cm³/mol. The fourth-order valence-corrected chi connectivity index (χ4v) is 1.31. The molecule has 0 aromatic carbocycles. The molecule has 0 radical (unpaired) electrons. The van der Waals surface area contributed by atoms with Gasteiger partial charge in [-0.05, 0) is 39.8 Å². The van der Waals surface area contributed by atoms with Crippen LogP contribution in [0.1, 0.15) is 33.3 Å². The van der Waals surface area contributed by atoms with E-state index < -0.39 is 16.9 Å². The highest BCUT2D eigenvalue weighted by molar-refractivity contribution is 5.76. The molecule has 0 unspecified atom stereocenters. The van der Waals surface area contributed by atoms with Crippen LogP contribution in [0.15, 0.2) is 18.3 Å². The van der Waals surface area contributed by atoms with Crippen molar-refractivity contribution in [3.05, 3.63) is 23.9 Å². The van der Waals surface area contributed by atoms with Crippen molar-refractivity contribution in [2.24, 2.45) is 5.41 Å².